The van der Waals surface area contributed by atoms with Gasteiger partial charge < -0.3 is 124 Å². The number of hydrogen-bond donors (Lipinski definition) is 16. The summed E-state index contributed by atoms with van der Waals surface area (Å²) >= 11 is 0. The van der Waals surface area contributed by atoms with E-state index in [4.69, 9.17) is 42.6 Å². The first-order valence-electron chi connectivity index (χ1n) is 40.3. The van der Waals surface area contributed by atoms with Crippen LogP contribution in [0.3, 0.4) is 0 Å². The normalized spacial score (nSPS) is 39.8. The molecule has 16 N–H and O–H groups in total. The minimum absolute atomic E-state index is 0.0675. The maximum atomic E-state index is 14.2. The van der Waals surface area contributed by atoms with Crippen molar-refractivity contribution >= 4 is 29.3 Å². The van der Waals surface area contributed by atoms with Gasteiger partial charge in [0.15, 0.2) is 36.5 Å². The Morgan fingerprint density at radius 3 is 1.90 bits per heavy atom. The number of ketones is 3. The van der Waals surface area contributed by atoms with E-state index in [0.717, 1.165) is 6.08 Å². The maximum absolute atomic E-state index is 14.2. The van der Waals surface area contributed by atoms with E-state index in [-0.39, 0.29) is 119 Å². The quantitative estimate of drug-likeness (QED) is 0.0780. The van der Waals surface area contributed by atoms with E-state index in [1.54, 1.807) is 81.4 Å². The summed E-state index contributed by atoms with van der Waals surface area (Å²) in [6.45, 7) is 19.7. The van der Waals surface area contributed by atoms with Crippen LogP contribution in [0.4, 0.5) is 0 Å². The summed E-state index contributed by atoms with van der Waals surface area (Å²) in [5, 5.41) is 179. The first-order chi connectivity index (χ1) is 52.5. The molecule has 34 atom stereocenters. The number of allylic oxidation sites excluding steroid dienone is 2. The van der Waals surface area contributed by atoms with Gasteiger partial charge >= 0.3 is 11.9 Å². The highest BCUT2D eigenvalue weighted by atomic mass is 16.7. The van der Waals surface area contributed by atoms with Gasteiger partial charge in [-0.05, 0) is 168 Å². The summed E-state index contributed by atoms with van der Waals surface area (Å²) in [5.41, 5.74) is -0.607. The van der Waals surface area contributed by atoms with Crippen LogP contribution in [0.1, 0.15) is 237 Å². The lowest BCUT2D eigenvalue weighted by atomic mass is 9.78. The molecule has 4 fully saturated rings. The summed E-state index contributed by atoms with van der Waals surface area (Å²) in [6.07, 6.45) is -22.5. The summed E-state index contributed by atoms with van der Waals surface area (Å²) in [6, 6.07) is 4.63. The zero-order chi connectivity index (χ0) is 83.1. The molecule has 0 saturated carbocycles. The Morgan fingerprint density at radius 2 is 1.25 bits per heavy atom. The van der Waals surface area contributed by atoms with Gasteiger partial charge in [-0.3, -0.25) is 19.2 Å². The average molecular weight is 1600 g/mol. The van der Waals surface area contributed by atoms with Crippen LogP contribution in [-0.4, -0.2) is 276 Å². The Hall–Kier alpha value is -4.53. The van der Waals surface area contributed by atoms with E-state index in [2.05, 4.69) is 0 Å². The number of carbonyl (C=O) groups is 5. The third kappa shape index (κ3) is 25.7. The van der Waals surface area contributed by atoms with E-state index >= 15 is 0 Å². The largest absolute Gasteiger partial charge is 0.458 e. The van der Waals surface area contributed by atoms with Crippen LogP contribution in [0.5, 0.6) is 0 Å². The van der Waals surface area contributed by atoms with Crippen molar-refractivity contribution in [2.45, 2.75) is 376 Å². The fraction of sp³-hybridized carbons (Fsp3) is 0.793. The molecule has 6 aliphatic rings. The molecule has 112 heavy (non-hydrogen) atoms. The molecular formula is C82H130O30. The second-order valence-electron chi connectivity index (χ2n) is 33.2. The van der Waals surface area contributed by atoms with Gasteiger partial charge in [0.2, 0.25) is 5.78 Å². The number of ether oxygens (including phenoxy) is 9. The van der Waals surface area contributed by atoms with Gasteiger partial charge in [0, 0.05) is 72.1 Å². The van der Waals surface area contributed by atoms with E-state index in [9.17, 15) is 106 Å². The predicted molar refractivity (Wildman–Crippen MR) is 401 cm³/mol. The molecule has 0 aromatic heterocycles. The lowest BCUT2D eigenvalue weighted by molar-refractivity contribution is -0.336. The van der Waals surface area contributed by atoms with Gasteiger partial charge in [0.25, 0.3) is 5.79 Å². The highest BCUT2D eigenvalue weighted by Gasteiger charge is 2.56. The summed E-state index contributed by atoms with van der Waals surface area (Å²) in [4.78, 5) is 67.6. The molecule has 30 nitrogen and oxygen atoms in total. The molecule has 0 spiro atoms. The molecule has 1 aromatic carbocycles. The maximum Gasteiger partial charge on any atom is 0.330 e. The van der Waals surface area contributed by atoms with Gasteiger partial charge in [-0.2, -0.15) is 0 Å². The fourth-order valence-electron chi connectivity index (χ4n) is 16.4. The average Bonchev–Trinajstić information content (AvgIpc) is 0.804. The van der Waals surface area contributed by atoms with E-state index < -0.39 is 224 Å². The van der Waals surface area contributed by atoms with Crippen molar-refractivity contribution in [3.8, 4) is 0 Å². The number of esters is 2. The first kappa shape index (κ1) is 94.6. The molecule has 1 aliphatic carbocycles. The predicted octanol–water partition coefficient (Wildman–Crippen LogP) is 3.73. The number of fused-ring (bicyclic) bond motifs is 3. The Kier molecular flexibility index (Phi) is 36.1. The summed E-state index contributed by atoms with van der Waals surface area (Å²) < 4.78 is 55.5. The molecule has 5 aliphatic heterocycles. The first-order valence-corrected chi connectivity index (χ1v) is 40.3. The minimum atomic E-state index is -3.07. The molecule has 1 aromatic rings. The van der Waals surface area contributed by atoms with Crippen LogP contribution in [0, 0.1) is 35.5 Å². The van der Waals surface area contributed by atoms with Crippen LogP contribution in [0.15, 0.2) is 54.2 Å². The molecule has 5 heterocycles. The molecule has 30 heteroatoms. The highest BCUT2D eigenvalue weighted by Crippen LogP contribution is 2.41. The van der Waals surface area contributed by atoms with Gasteiger partial charge in [-0.25, -0.2) is 4.79 Å². The Morgan fingerprint density at radius 1 is 0.625 bits per heavy atom. The topological polar surface area (TPSA) is 492 Å². The van der Waals surface area contributed by atoms with Gasteiger partial charge in [-0.15, -0.1) is 0 Å². The van der Waals surface area contributed by atoms with E-state index in [0.29, 0.717) is 36.8 Å². The summed E-state index contributed by atoms with van der Waals surface area (Å²) in [5.74, 6) is -11.9. The Labute approximate surface area is 657 Å². The van der Waals surface area contributed by atoms with Crippen molar-refractivity contribution < 1.29 is 148 Å². The third-order valence-corrected chi connectivity index (χ3v) is 23.6. The highest BCUT2D eigenvalue weighted by molar-refractivity contribution is 6.24. The molecule has 2 bridgehead atoms. The number of aliphatic hydroxyl groups is 16. The fourth-order valence-corrected chi connectivity index (χ4v) is 16.4. The standard InChI is InChI=1S/C82H130O30/c1-13-65(107-69-39-81(12,102)79(49(11)106-69)110-68-38-63(92)76(48(10)105-68)111-80(101)46(8)75(109-67-30-29-61(90)47(9)104-67)50-25-28-59-60(32-50)62(91)31-42(4)70(59)95)43(5)72(97)44(6)73(98)45(7)74-41(3)24-27-52(84)18-15-20-55(87)34-56(88)35-57(89)36-58-37-64(93)77(99)82(103,112-58)78(100)71(96)40(2)23-26-51(83)17-14-19-53(85)33-54(86)21-16-22-66(94)108-74/h16,22,24-25,27-28,31-32,40-41,43-49,51-58,61,63-65,67-69,71-77,79,83-90,92-93,96-99,102-103H,13-15,17-21,23,26,29-30,33-39H2,1-12H3. The second kappa shape index (κ2) is 42.7. The zero-order valence-electron chi connectivity index (χ0n) is 66.9. The Bertz CT molecular complexity index is 3240. The number of benzene rings is 1. The van der Waals surface area contributed by atoms with Gasteiger partial charge in [0.1, 0.15) is 24.4 Å². The van der Waals surface area contributed by atoms with Crippen LogP contribution in [0.25, 0.3) is 0 Å². The third-order valence-electron chi connectivity index (χ3n) is 23.6. The minimum Gasteiger partial charge on any atom is -0.458 e. The van der Waals surface area contributed by atoms with E-state index in [1.165, 1.54) is 37.3 Å². The van der Waals surface area contributed by atoms with Gasteiger partial charge in [-0.1, -0.05) is 65.8 Å². The number of aliphatic hydroxyl groups excluding tert-OH is 14. The van der Waals surface area contributed by atoms with E-state index in [1.807, 2.05) is 6.92 Å². The number of Topliss-reactive ketones (excluding diaryl/α,β-unsaturated/α-hetero) is 2. The van der Waals surface area contributed by atoms with Crippen molar-refractivity contribution in [3.63, 3.8) is 0 Å². The number of hydrogen-bond acceptors (Lipinski definition) is 30. The number of cyclic esters (lactones) is 1. The molecule has 4 saturated heterocycles. The van der Waals surface area contributed by atoms with Crippen LogP contribution in [-0.2, 0) is 57.0 Å². The van der Waals surface area contributed by atoms with Crippen molar-refractivity contribution in [1.29, 1.82) is 0 Å². The number of rotatable bonds is 17. The smallest absolute Gasteiger partial charge is 0.330 e. The van der Waals surface area contributed by atoms with Gasteiger partial charge in [0.05, 0.1) is 121 Å². The SMILES string of the molecule is CCC(OC1CC(C)(O)C(OC2CC(O)C(OC(=O)C(C)C(OC3CCC(O)C(C)O3)c3ccc4c(c3)C(=O)C=C(C)C4=O)C(C)O2)C(C)O1)C(C)C(O)C(C)C(O)C(C)C1OC(=O)C=CCC(O)CC(O)CCCC(O)CCC(C)C(O)C(=O)C2(O)OC(CC(O)CC(O)CC(O)CCCC(O)C=CC1C)CC(O)C2O. The molecule has 7 rings (SSSR count). The lowest BCUT2D eigenvalue weighted by Crippen LogP contribution is -2.65. The second-order valence-corrected chi connectivity index (χ2v) is 33.2. The zero-order valence-corrected chi connectivity index (χ0v) is 66.9. The van der Waals surface area contributed by atoms with Crippen LogP contribution in [0.2, 0.25) is 0 Å². The Balaban J connectivity index is 0.954. The van der Waals surface area contributed by atoms with Crippen molar-refractivity contribution in [2.24, 2.45) is 35.5 Å². The molecular weight excluding hydrogens is 1460 g/mol. The molecule has 0 amide bonds. The monoisotopic (exact) mass is 1590 g/mol. The molecule has 34 unspecified atom stereocenters. The van der Waals surface area contributed by atoms with Crippen molar-refractivity contribution in [1.82, 2.24) is 0 Å². The van der Waals surface area contributed by atoms with Crippen LogP contribution < -0.4 is 0 Å². The molecule has 638 valence electrons. The van der Waals surface area contributed by atoms with Crippen molar-refractivity contribution in [2.75, 3.05) is 0 Å². The summed E-state index contributed by atoms with van der Waals surface area (Å²) in [7, 11) is 0. The number of carbonyl (C=O) groups excluding carboxylic acids is 5. The van der Waals surface area contributed by atoms with Crippen LogP contribution >= 0.6 is 0 Å². The molecule has 0 radical (unpaired) electrons. The lowest BCUT2D eigenvalue weighted by Gasteiger charge is -2.47. The van der Waals surface area contributed by atoms with Crippen molar-refractivity contribution in [3.05, 3.63) is 70.8 Å².